The predicted octanol–water partition coefficient (Wildman–Crippen LogP) is 2.32. The van der Waals surface area contributed by atoms with Gasteiger partial charge < -0.3 is 0 Å². The van der Waals surface area contributed by atoms with Gasteiger partial charge in [-0.2, -0.15) is 5.10 Å². The second-order valence-electron chi connectivity index (χ2n) is 6.57. The Balaban J connectivity index is 2.17. The van der Waals surface area contributed by atoms with Gasteiger partial charge >= 0.3 is 0 Å². The van der Waals surface area contributed by atoms with Gasteiger partial charge in [0.1, 0.15) is 4.90 Å². The summed E-state index contributed by atoms with van der Waals surface area (Å²) in [5, 5.41) is 4.30. The maximum Gasteiger partial charge on any atom is 0.267 e. The molecular formula is C16H25N3O3S. The van der Waals surface area contributed by atoms with Crippen LogP contribution in [-0.2, 0) is 21.4 Å². The summed E-state index contributed by atoms with van der Waals surface area (Å²) in [6.45, 7) is 8.11. The van der Waals surface area contributed by atoms with E-state index in [2.05, 4.69) is 9.82 Å². The van der Waals surface area contributed by atoms with E-state index in [1.165, 1.54) is 0 Å². The van der Waals surface area contributed by atoms with Crippen molar-refractivity contribution in [2.24, 2.45) is 11.8 Å². The van der Waals surface area contributed by atoms with Crippen molar-refractivity contribution in [1.82, 2.24) is 14.5 Å². The zero-order chi connectivity index (χ0) is 17.2. The highest BCUT2D eigenvalue weighted by Gasteiger charge is 2.27. The smallest absolute Gasteiger partial charge is 0.267 e. The number of aromatic nitrogens is 2. The molecule has 0 spiro atoms. The minimum atomic E-state index is -3.88. The van der Waals surface area contributed by atoms with Gasteiger partial charge in [-0.25, -0.2) is 13.1 Å². The maximum absolute atomic E-state index is 12.6. The summed E-state index contributed by atoms with van der Waals surface area (Å²) in [6, 6.07) is 0. The zero-order valence-corrected chi connectivity index (χ0v) is 15.0. The van der Waals surface area contributed by atoms with Gasteiger partial charge in [-0.1, -0.05) is 26.0 Å². The average molecular weight is 339 g/mol. The molecule has 7 heteroatoms. The Morgan fingerprint density at radius 2 is 2.13 bits per heavy atom. The number of rotatable bonds is 6. The number of nitrogens with one attached hydrogen (secondary N) is 1. The van der Waals surface area contributed by atoms with Crippen molar-refractivity contribution in [1.29, 1.82) is 0 Å². The molecule has 0 bridgehead atoms. The van der Waals surface area contributed by atoms with Crippen LogP contribution in [0.25, 0.3) is 0 Å². The highest BCUT2D eigenvalue weighted by atomic mass is 32.2. The average Bonchev–Trinajstić information content (AvgIpc) is 2.97. The number of hydrogen-bond acceptors (Lipinski definition) is 4. The first-order valence-corrected chi connectivity index (χ1v) is 9.45. The Kier molecular flexibility index (Phi) is 5.29. The van der Waals surface area contributed by atoms with Crippen LogP contribution in [0.5, 0.6) is 0 Å². The summed E-state index contributed by atoms with van der Waals surface area (Å²) in [5.74, 6) is 0.0281. The molecule has 1 aromatic heterocycles. The van der Waals surface area contributed by atoms with Crippen LogP contribution < -0.4 is 4.72 Å². The Morgan fingerprint density at radius 1 is 1.43 bits per heavy atom. The molecule has 1 unspecified atom stereocenters. The first-order chi connectivity index (χ1) is 10.7. The molecule has 1 amide bonds. The highest BCUT2D eigenvalue weighted by Crippen LogP contribution is 2.22. The first-order valence-electron chi connectivity index (χ1n) is 7.97. The number of carbonyl (C=O) groups excluding carboxylic acids is 1. The summed E-state index contributed by atoms with van der Waals surface area (Å²) in [6.07, 6.45) is 6.05. The van der Waals surface area contributed by atoms with Crippen molar-refractivity contribution < 1.29 is 13.2 Å². The molecule has 128 valence electrons. The van der Waals surface area contributed by atoms with Crippen LogP contribution in [-0.4, -0.2) is 24.1 Å². The lowest BCUT2D eigenvalue weighted by Gasteiger charge is -2.11. The third-order valence-electron chi connectivity index (χ3n) is 3.93. The van der Waals surface area contributed by atoms with E-state index in [4.69, 9.17) is 0 Å². The van der Waals surface area contributed by atoms with Crippen LogP contribution in [0, 0.1) is 25.7 Å². The lowest BCUT2D eigenvalue weighted by Crippen LogP contribution is -2.32. The van der Waals surface area contributed by atoms with Crippen LogP contribution >= 0.6 is 0 Å². The highest BCUT2D eigenvalue weighted by molar-refractivity contribution is 7.90. The van der Waals surface area contributed by atoms with Gasteiger partial charge in [-0.05, 0) is 38.5 Å². The second-order valence-corrected chi connectivity index (χ2v) is 8.19. The van der Waals surface area contributed by atoms with E-state index in [-0.39, 0.29) is 17.2 Å². The van der Waals surface area contributed by atoms with E-state index in [0.717, 1.165) is 12.8 Å². The molecule has 0 aromatic carbocycles. The largest absolute Gasteiger partial charge is 0.274 e. The molecule has 0 saturated carbocycles. The zero-order valence-electron chi connectivity index (χ0n) is 14.2. The number of allylic oxidation sites excluding steroid dienone is 2. The number of hydrogen-bond donors (Lipinski definition) is 1. The quantitative estimate of drug-likeness (QED) is 0.807. The van der Waals surface area contributed by atoms with Crippen LogP contribution in [0.2, 0.25) is 0 Å². The van der Waals surface area contributed by atoms with Crippen molar-refractivity contribution in [2.45, 2.75) is 58.4 Å². The fraction of sp³-hybridized carbons (Fsp3) is 0.625. The van der Waals surface area contributed by atoms with Crippen molar-refractivity contribution in [3.05, 3.63) is 23.5 Å². The van der Waals surface area contributed by atoms with Crippen LogP contribution in [0.4, 0.5) is 0 Å². The molecule has 1 aliphatic rings. The molecule has 0 radical (unpaired) electrons. The molecule has 1 aliphatic carbocycles. The number of carbonyl (C=O) groups is 1. The SMILES string of the molecule is Cc1nn(CC(C)C)c(C)c1S(=O)(=O)NC(=O)CC1C=CCC1. The topological polar surface area (TPSA) is 81.1 Å². The van der Waals surface area contributed by atoms with E-state index in [1.54, 1.807) is 18.5 Å². The van der Waals surface area contributed by atoms with Gasteiger partial charge in [0.2, 0.25) is 5.91 Å². The van der Waals surface area contributed by atoms with Crippen LogP contribution in [0.15, 0.2) is 17.0 Å². The minimum Gasteiger partial charge on any atom is -0.274 e. The maximum atomic E-state index is 12.6. The summed E-state index contributed by atoms with van der Waals surface area (Å²) in [5.41, 5.74) is 0.987. The van der Waals surface area contributed by atoms with Gasteiger partial charge in [-0.15, -0.1) is 0 Å². The van der Waals surface area contributed by atoms with Crippen molar-refractivity contribution in [2.75, 3.05) is 0 Å². The Labute approximate surface area is 138 Å². The minimum absolute atomic E-state index is 0.119. The summed E-state index contributed by atoms with van der Waals surface area (Å²) in [7, 11) is -3.88. The third kappa shape index (κ3) is 4.22. The van der Waals surface area contributed by atoms with Crippen molar-refractivity contribution >= 4 is 15.9 Å². The van der Waals surface area contributed by atoms with Gasteiger partial charge in [0, 0.05) is 13.0 Å². The van der Waals surface area contributed by atoms with E-state index in [9.17, 15) is 13.2 Å². The predicted molar refractivity (Wildman–Crippen MR) is 88.3 cm³/mol. The molecule has 1 N–H and O–H groups in total. The molecule has 1 aromatic rings. The van der Waals surface area contributed by atoms with E-state index >= 15 is 0 Å². The number of nitrogens with zero attached hydrogens (tertiary/aromatic N) is 2. The third-order valence-corrected chi connectivity index (χ3v) is 5.55. The molecule has 1 heterocycles. The first kappa shape index (κ1) is 17.7. The van der Waals surface area contributed by atoms with Crippen molar-refractivity contribution in [3.63, 3.8) is 0 Å². The Bertz CT molecular complexity index is 717. The lowest BCUT2D eigenvalue weighted by molar-refractivity contribution is -0.119. The van der Waals surface area contributed by atoms with E-state index < -0.39 is 15.9 Å². The molecule has 23 heavy (non-hydrogen) atoms. The molecule has 6 nitrogen and oxygen atoms in total. The van der Waals surface area contributed by atoms with Crippen LogP contribution in [0.1, 0.15) is 44.5 Å². The Morgan fingerprint density at radius 3 is 2.70 bits per heavy atom. The molecule has 0 aliphatic heterocycles. The van der Waals surface area contributed by atoms with E-state index in [1.807, 2.05) is 26.0 Å². The summed E-state index contributed by atoms with van der Waals surface area (Å²) >= 11 is 0. The van der Waals surface area contributed by atoms with Gasteiger partial charge in [-0.3, -0.25) is 9.48 Å². The fourth-order valence-corrected chi connectivity index (χ4v) is 4.35. The summed E-state index contributed by atoms with van der Waals surface area (Å²) < 4.78 is 29.0. The Hall–Kier alpha value is -1.63. The van der Waals surface area contributed by atoms with Gasteiger partial charge in [0.15, 0.2) is 0 Å². The number of sulfonamides is 1. The summed E-state index contributed by atoms with van der Waals surface area (Å²) in [4.78, 5) is 12.2. The fourth-order valence-electron chi connectivity index (χ4n) is 2.94. The van der Waals surface area contributed by atoms with Crippen molar-refractivity contribution in [3.8, 4) is 0 Å². The van der Waals surface area contributed by atoms with Crippen LogP contribution in [0.3, 0.4) is 0 Å². The van der Waals surface area contributed by atoms with E-state index in [0.29, 0.717) is 23.9 Å². The normalized spacial score (nSPS) is 17.9. The molecule has 2 rings (SSSR count). The standard InChI is InChI=1S/C16H25N3O3S/c1-11(2)10-19-13(4)16(12(3)17-19)23(21,22)18-15(20)9-14-7-5-6-8-14/h5,7,11,14H,6,8-10H2,1-4H3,(H,18,20). The molecule has 0 fully saturated rings. The molecule has 0 saturated heterocycles. The molecular weight excluding hydrogens is 314 g/mol. The monoisotopic (exact) mass is 339 g/mol. The lowest BCUT2D eigenvalue weighted by atomic mass is 10.1. The van der Waals surface area contributed by atoms with Gasteiger partial charge in [0.25, 0.3) is 10.0 Å². The number of amides is 1. The van der Waals surface area contributed by atoms with Gasteiger partial charge in [0.05, 0.1) is 11.4 Å². The number of aryl methyl sites for hydroxylation is 1. The molecule has 1 atom stereocenters. The second kappa shape index (κ2) is 6.86.